The van der Waals surface area contributed by atoms with Crippen LogP contribution in [0, 0.1) is 5.92 Å². The SMILES string of the molecule is CC(C)n1nc(-c2cccc(OC(F)F)c2)c2c1C[C@H](C(=O)NC1(C)CS(=O)(=O)C1)CO2. The molecule has 0 bridgehead atoms. The molecule has 32 heavy (non-hydrogen) atoms. The number of aromatic nitrogens is 2. The Morgan fingerprint density at radius 2 is 2.06 bits per heavy atom. The third kappa shape index (κ3) is 4.43. The van der Waals surface area contributed by atoms with Crippen molar-refractivity contribution in [1.82, 2.24) is 15.1 Å². The van der Waals surface area contributed by atoms with E-state index in [2.05, 4.69) is 15.2 Å². The molecule has 1 aromatic heterocycles. The molecule has 0 spiro atoms. The van der Waals surface area contributed by atoms with Gasteiger partial charge in [0.1, 0.15) is 18.1 Å². The number of ether oxygens (including phenoxy) is 2. The number of amides is 1. The Morgan fingerprint density at radius 3 is 2.69 bits per heavy atom. The maximum atomic E-state index is 12.8. The van der Waals surface area contributed by atoms with Crippen molar-refractivity contribution < 1.29 is 31.5 Å². The van der Waals surface area contributed by atoms with Gasteiger partial charge in [-0.3, -0.25) is 9.48 Å². The largest absolute Gasteiger partial charge is 0.488 e. The van der Waals surface area contributed by atoms with Gasteiger partial charge in [0.15, 0.2) is 15.6 Å². The normalized spacial score (nSPS) is 20.9. The summed E-state index contributed by atoms with van der Waals surface area (Å²) in [5, 5.41) is 7.48. The van der Waals surface area contributed by atoms with Crippen LogP contribution in [0.5, 0.6) is 11.5 Å². The van der Waals surface area contributed by atoms with E-state index in [-0.39, 0.29) is 35.8 Å². The highest BCUT2D eigenvalue weighted by molar-refractivity contribution is 7.93. The van der Waals surface area contributed by atoms with E-state index in [1.807, 2.05) is 13.8 Å². The molecule has 3 heterocycles. The molecule has 1 saturated heterocycles. The highest BCUT2D eigenvalue weighted by atomic mass is 32.2. The van der Waals surface area contributed by atoms with E-state index >= 15 is 0 Å². The molecule has 1 N–H and O–H groups in total. The number of hydrogen-bond acceptors (Lipinski definition) is 6. The summed E-state index contributed by atoms with van der Waals surface area (Å²) >= 11 is 0. The molecule has 4 rings (SSSR count). The van der Waals surface area contributed by atoms with Gasteiger partial charge < -0.3 is 14.8 Å². The zero-order valence-corrected chi connectivity index (χ0v) is 18.8. The molecule has 0 saturated carbocycles. The number of halogens is 2. The van der Waals surface area contributed by atoms with Gasteiger partial charge in [-0.25, -0.2) is 8.42 Å². The maximum absolute atomic E-state index is 12.8. The Morgan fingerprint density at radius 1 is 1.34 bits per heavy atom. The number of fused-ring (bicyclic) bond motifs is 1. The molecule has 2 aliphatic heterocycles. The van der Waals surface area contributed by atoms with Crippen molar-refractivity contribution >= 4 is 15.7 Å². The lowest BCUT2D eigenvalue weighted by Crippen LogP contribution is -2.64. The smallest absolute Gasteiger partial charge is 0.387 e. The minimum absolute atomic E-state index is 0.0158. The standard InChI is InChI=1S/C21H25F2N3O5S/c1-12(2)26-16-8-14(19(27)24-21(3)10-32(28,29)11-21)9-30-18(16)17(25-26)13-5-4-6-15(7-13)31-20(22)23/h4-7,12,14,20H,8-11H2,1-3H3,(H,24,27)/t14-/m0/s1. The Labute approximate surface area is 184 Å². The fraction of sp³-hybridized carbons (Fsp3) is 0.524. The van der Waals surface area contributed by atoms with Gasteiger partial charge in [0.2, 0.25) is 5.91 Å². The van der Waals surface area contributed by atoms with Crippen LogP contribution in [0.1, 0.15) is 32.5 Å². The number of alkyl halides is 2. The molecular weight excluding hydrogens is 444 g/mol. The Bertz CT molecular complexity index is 1130. The molecule has 1 fully saturated rings. The molecule has 1 atom stereocenters. The van der Waals surface area contributed by atoms with Crippen molar-refractivity contribution in [3.8, 4) is 22.8 Å². The molecule has 1 aromatic carbocycles. The Hall–Kier alpha value is -2.69. The van der Waals surface area contributed by atoms with E-state index in [1.54, 1.807) is 23.7 Å². The van der Waals surface area contributed by atoms with Gasteiger partial charge in [0.25, 0.3) is 0 Å². The van der Waals surface area contributed by atoms with Crippen molar-refractivity contribution in [3.05, 3.63) is 30.0 Å². The fourth-order valence-electron chi connectivity index (χ4n) is 4.27. The lowest BCUT2D eigenvalue weighted by atomic mass is 9.96. The molecule has 2 aromatic rings. The van der Waals surface area contributed by atoms with Gasteiger partial charge in [-0.1, -0.05) is 12.1 Å². The topological polar surface area (TPSA) is 99.5 Å². The number of sulfone groups is 1. The summed E-state index contributed by atoms with van der Waals surface area (Å²) in [6.07, 6.45) is 0.363. The molecule has 0 aliphatic carbocycles. The fourth-order valence-corrected chi connectivity index (χ4v) is 6.27. The van der Waals surface area contributed by atoms with Crippen molar-refractivity contribution in [2.75, 3.05) is 18.1 Å². The van der Waals surface area contributed by atoms with Crippen LogP contribution in [0.3, 0.4) is 0 Å². The van der Waals surface area contributed by atoms with Crippen LogP contribution >= 0.6 is 0 Å². The van der Waals surface area contributed by atoms with Crippen LogP contribution in [-0.4, -0.2) is 54.4 Å². The summed E-state index contributed by atoms with van der Waals surface area (Å²) in [6.45, 7) is 2.77. The second-order valence-electron chi connectivity index (χ2n) is 8.86. The van der Waals surface area contributed by atoms with Crippen LogP contribution in [0.4, 0.5) is 8.78 Å². The van der Waals surface area contributed by atoms with Gasteiger partial charge in [-0.2, -0.15) is 13.9 Å². The summed E-state index contributed by atoms with van der Waals surface area (Å²) in [6, 6.07) is 6.20. The van der Waals surface area contributed by atoms with E-state index in [0.717, 1.165) is 5.69 Å². The molecule has 11 heteroatoms. The van der Waals surface area contributed by atoms with Crippen LogP contribution in [-0.2, 0) is 21.1 Å². The van der Waals surface area contributed by atoms with Crippen molar-refractivity contribution in [2.24, 2.45) is 5.92 Å². The molecule has 2 aliphatic rings. The summed E-state index contributed by atoms with van der Waals surface area (Å²) in [5.74, 6) is -0.390. The van der Waals surface area contributed by atoms with Gasteiger partial charge in [-0.15, -0.1) is 0 Å². The molecule has 0 unspecified atom stereocenters. The van der Waals surface area contributed by atoms with Gasteiger partial charge >= 0.3 is 6.61 Å². The first-order valence-corrected chi connectivity index (χ1v) is 12.1. The van der Waals surface area contributed by atoms with Gasteiger partial charge in [0, 0.05) is 18.0 Å². The monoisotopic (exact) mass is 469 g/mol. The van der Waals surface area contributed by atoms with Crippen molar-refractivity contribution in [2.45, 2.75) is 45.4 Å². The van der Waals surface area contributed by atoms with Gasteiger partial charge in [0.05, 0.1) is 28.7 Å². The number of carbonyl (C=O) groups is 1. The average Bonchev–Trinajstić information content (AvgIpc) is 3.05. The molecular formula is C21H25F2N3O5S. The maximum Gasteiger partial charge on any atom is 0.387 e. The zero-order valence-electron chi connectivity index (χ0n) is 18.0. The predicted octanol–water partition coefficient (Wildman–Crippen LogP) is 2.59. The first-order chi connectivity index (χ1) is 15.0. The minimum atomic E-state index is -3.09. The number of rotatable bonds is 6. The average molecular weight is 470 g/mol. The summed E-state index contributed by atoms with van der Waals surface area (Å²) < 4.78 is 60.5. The van der Waals surface area contributed by atoms with Crippen LogP contribution < -0.4 is 14.8 Å². The van der Waals surface area contributed by atoms with E-state index in [9.17, 15) is 22.0 Å². The third-order valence-corrected chi connectivity index (χ3v) is 7.68. The molecule has 1 amide bonds. The summed E-state index contributed by atoms with van der Waals surface area (Å²) in [5.41, 5.74) is 1.02. The third-order valence-electron chi connectivity index (χ3n) is 5.52. The summed E-state index contributed by atoms with van der Waals surface area (Å²) in [4.78, 5) is 12.8. The number of benzene rings is 1. The Kier molecular flexibility index (Phi) is 5.64. The highest BCUT2D eigenvalue weighted by Gasteiger charge is 2.47. The lowest BCUT2D eigenvalue weighted by Gasteiger charge is -2.39. The van der Waals surface area contributed by atoms with E-state index in [0.29, 0.717) is 23.4 Å². The van der Waals surface area contributed by atoms with E-state index < -0.39 is 27.9 Å². The van der Waals surface area contributed by atoms with Crippen molar-refractivity contribution in [3.63, 3.8) is 0 Å². The molecule has 174 valence electrons. The van der Waals surface area contributed by atoms with Crippen LogP contribution in [0.2, 0.25) is 0 Å². The summed E-state index contributed by atoms with van der Waals surface area (Å²) in [7, 11) is -3.09. The lowest BCUT2D eigenvalue weighted by molar-refractivity contribution is -0.127. The first-order valence-electron chi connectivity index (χ1n) is 10.3. The van der Waals surface area contributed by atoms with E-state index in [1.165, 1.54) is 12.1 Å². The van der Waals surface area contributed by atoms with Crippen molar-refractivity contribution in [1.29, 1.82) is 0 Å². The van der Waals surface area contributed by atoms with Crippen LogP contribution in [0.25, 0.3) is 11.3 Å². The molecule has 8 nitrogen and oxygen atoms in total. The van der Waals surface area contributed by atoms with E-state index in [4.69, 9.17) is 4.74 Å². The number of hydrogen-bond donors (Lipinski definition) is 1. The quantitative estimate of drug-likeness (QED) is 0.698. The number of nitrogens with one attached hydrogen (secondary N) is 1. The zero-order chi connectivity index (χ0) is 23.3. The number of nitrogens with zero attached hydrogens (tertiary/aromatic N) is 2. The minimum Gasteiger partial charge on any atom is -0.488 e. The first kappa shape index (κ1) is 22.5. The predicted molar refractivity (Wildman–Crippen MR) is 113 cm³/mol. The van der Waals surface area contributed by atoms with Crippen LogP contribution in [0.15, 0.2) is 24.3 Å². The highest BCUT2D eigenvalue weighted by Crippen LogP contribution is 2.39. The Balaban J connectivity index is 1.59. The second-order valence-corrected chi connectivity index (χ2v) is 10.9. The molecule has 0 radical (unpaired) electrons. The van der Waals surface area contributed by atoms with Gasteiger partial charge in [-0.05, 0) is 32.9 Å². The number of carbonyl (C=O) groups excluding carboxylic acids is 1. The second kappa shape index (κ2) is 8.02.